The zero-order valence-corrected chi connectivity index (χ0v) is 23.0. The maximum Gasteiger partial charge on any atom is 0.211 e. The molecule has 2 nitrogen and oxygen atoms in total. The first-order valence-electron chi connectivity index (χ1n) is 10.1. The molecule has 0 spiro atoms. The van der Waals surface area contributed by atoms with Gasteiger partial charge in [0, 0.05) is 21.3 Å². The smallest absolute Gasteiger partial charge is 0.211 e. The molecular formula is C24H26O2S6. The molecule has 2 aliphatic rings. The summed E-state index contributed by atoms with van der Waals surface area (Å²) in [5, 5.41) is 0.0742. The number of thioether (sulfide) groups is 6. The van der Waals surface area contributed by atoms with Crippen LogP contribution in [0, 0.1) is 0 Å². The van der Waals surface area contributed by atoms with Crippen LogP contribution in [0.15, 0.2) is 69.2 Å². The largest absolute Gasteiger partial charge is 0.282 e. The van der Waals surface area contributed by atoms with E-state index in [-0.39, 0.29) is 10.2 Å². The lowest BCUT2D eigenvalue weighted by Gasteiger charge is -2.12. The predicted octanol–water partition coefficient (Wildman–Crippen LogP) is 7.74. The number of carbonyl (C=O) groups excluding carboxylic acids is 2. The van der Waals surface area contributed by atoms with Gasteiger partial charge in [0.1, 0.15) is 0 Å². The highest BCUT2D eigenvalue weighted by molar-refractivity contribution is 8.25. The van der Waals surface area contributed by atoms with Crippen molar-refractivity contribution in [3.8, 4) is 0 Å². The fourth-order valence-corrected chi connectivity index (χ4v) is 11.2. The summed E-state index contributed by atoms with van der Waals surface area (Å²) in [6, 6.07) is 9.02. The Morgan fingerprint density at radius 2 is 1.16 bits per heavy atom. The Kier molecular flexibility index (Phi) is 10.6. The molecule has 0 saturated carbocycles. The van der Waals surface area contributed by atoms with Crippen molar-refractivity contribution in [3.05, 3.63) is 80.3 Å². The van der Waals surface area contributed by atoms with Crippen molar-refractivity contribution in [1.82, 2.24) is 0 Å². The number of benzene rings is 1. The van der Waals surface area contributed by atoms with E-state index < -0.39 is 0 Å². The molecule has 0 bridgehead atoms. The van der Waals surface area contributed by atoms with Gasteiger partial charge in [0.2, 0.25) is 10.2 Å². The van der Waals surface area contributed by atoms with Crippen LogP contribution in [0.1, 0.15) is 25.0 Å². The Labute approximate surface area is 216 Å². The summed E-state index contributed by atoms with van der Waals surface area (Å²) in [4.78, 5) is 28.3. The summed E-state index contributed by atoms with van der Waals surface area (Å²) in [5.74, 6) is 1.49. The molecule has 32 heavy (non-hydrogen) atoms. The molecule has 2 aliphatic heterocycles. The van der Waals surface area contributed by atoms with E-state index in [1.165, 1.54) is 66.4 Å². The average molecular weight is 539 g/mol. The molecule has 0 saturated heterocycles. The van der Waals surface area contributed by atoms with E-state index in [1.807, 2.05) is 47.0 Å². The third-order valence-corrected chi connectivity index (χ3v) is 12.7. The summed E-state index contributed by atoms with van der Waals surface area (Å²) in [7, 11) is 0. The normalized spacial score (nSPS) is 20.7. The summed E-state index contributed by atoms with van der Waals surface area (Å²) in [6.45, 7) is 11.4. The Bertz CT molecular complexity index is 871. The SMILES string of the molecule is C=CC(=O)SCC1=C(C)SC(Cc2ccc(CC3SC(C)=C(CSC(=O)C=C)S3)cc2)S1. The maximum absolute atomic E-state index is 11.5. The molecule has 0 amide bonds. The second kappa shape index (κ2) is 12.9. The minimum atomic E-state index is 0.0371. The highest BCUT2D eigenvalue weighted by atomic mass is 32.2. The lowest BCUT2D eigenvalue weighted by atomic mass is 10.1. The lowest BCUT2D eigenvalue weighted by molar-refractivity contribution is -0.107. The highest BCUT2D eigenvalue weighted by Gasteiger charge is 2.25. The van der Waals surface area contributed by atoms with Crippen molar-refractivity contribution in [1.29, 1.82) is 0 Å². The van der Waals surface area contributed by atoms with Gasteiger partial charge < -0.3 is 0 Å². The third-order valence-electron chi connectivity index (χ3n) is 4.80. The van der Waals surface area contributed by atoms with Crippen LogP contribution >= 0.6 is 70.6 Å². The van der Waals surface area contributed by atoms with E-state index in [9.17, 15) is 9.59 Å². The van der Waals surface area contributed by atoms with Gasteiger partial charge in [-0.2, -0.15) is 0 Å². The zero-order valence-electron chi connectivity index (χ0n) is 18.1. The standard InChI is InChI=1S/C24H26O2S6/c1-5-21(25)27-13-19-15(3)29-23(31-19)11-17-7-9-18(10-8-17)12-24-30-16(4)20(32-24)14-28-22(26)6-2/h5-10,23-24H,1-2,11-14H2,3-4H3. The summed E-state index contributed by atoms with van der Waals surface area (Å²) in [5.41, 5.74) is 2.70. The molecule has 0 N–H and O–H groups in total. The first kappa shape index (κ1) is 26.2. The van der Waals surface area contributed by atoms with Gasteiger partial charge in [0.15, 0.2) is 0 Å². The first-order valence-corrected chi connectivity index (χ1v) is 15.6. The monoisotopic (exact) mass is 538 g/mol. The number of hydrogen-bond donors (Lipinski definition) is 0. The Balaban J connectivity index is 1.45. The van der Waals surface area contributed by atoms with Crippen molar-refractivity contribution in [2.45, 2.75) is 35.9 Å². The van der Waals surface area contributed by atoms with Crippen LogP contribution in [0.4, 0.5) is 0 Å². The molecule has 0 fully saturated rings. The molecule has 170 valence electrons. The minimum absolute atomic E-state index is 0.0371. The van der Waals surface area contributed by atoms with Crippen LogP contribution in [0.5, 0.6) is 0 Å². The van der Waals surface area contributed by atoms with Crippen molar-refractivity contribution in [2.75, 3.05) is 11.5 Å². The van der Waals surface area contributed by atoms with E-state index in [1.54, 1.807) is 0 Å². The molecule has 2 heterocycles. The molecule has 2 atom stereocenters. The van der Waals surface area contributed by atoms with E-state index in [0.29, 0.717) is 9.16 Å². The van der Waals surface area contributed by atoms with Gasteiger partial charge >= 0.3 is 0 Å². The van der Waals surface area contributed by atoms with Gasteiger partial charge in [0.05, 0.1) is 9.16 Å². The topological polar surface area (TPSA) is 34.1 Å². The summed E-state index contributed by atoms with van der Waals surface area (Å²) >= 11 is 10.3. The Morgan fingerprint density at radius 1 is 0.781 bits per heavy atom. The summed E-state index contributed by atoms with van der Waals surface area (Å²) in [6.07, 6.45) is 4.80. The molecule has 0 aliphatic carbocycles. The van der Waals surface area contributed by atoms with Gasteiger partial charge in [-0.05, 0) is 59.8 Å². The minimum Gasteiger partial charge on any atom is -0.282 e. The van der Waals surface area contributed by atoms with Gasteiger partial charge in [-0.25, -0.2) is 0 Å². The van der Waals surface area contributed by atoms with E-state index in [4.69, 9.17) is 0 Å². The van der Waals surface area contributed by atoms with Gasteiger partial charge in [-0.1, -0.05) is 60.9 Å². The molecule has 1 aromatic carbocycles. The van der Waals surface area contributed by atoms with E-state index in [0.717, 1.165) is 24.3 Å². The zero-order chi connectivity index (χ0) is 23.1. The fraction of sp³-hybridized carbons (Fsp3) is 0.333. The van der Waals surface area contributed by atoms with Crippen LogP contribution in [0.3, 0.4) is 0 Å². The molecule has 8 heteroatoms. The van der Waals surface area contributed by atoms with Gasteiger partial charge in [-0.3, -0.25) is 9.59 Å². The Morgan fingerprint density at radius 3 is 1.50 bits per heavy atom. The molecule has 2 unspecified atom stereocenters. The van der Waals surface area contributed by atoms with Crippen LogP contribution in [0.25, 0.3) is 0 Å². The second-order valence-electron chi connectivity index (χ2n) is 7.14. The molecule has 0 radical (unpaired) electrons. The first-order chi connectivity index (χ1) is 15.4. The number of allylic oxidation sites excluding steroid dienone is 2. The molecule has 1 aromatic rings. The van der Waals surface area contributed by atoms with Crippen molar-refractivity contribution in [2.24, 2.45) is 0 Å². The van der Waals surface area contributed by atoms with E-state index in [2.05, 4.69) is 51.3 Å². The number of hydrogen-bond acceptors (Lipinski definition) is 8. The molecular weight excluding hydrogens is 513 g/mol. The molecule has 0 aromatic heterocycles. The second-order valence-corrected chi connectivity index (χ2v) is 15.1. The van der Waals surface area contributed by atoms with Crippen molar-refractivity contribution in [3.63, 3.8) is 0 Å². The van der Waals surface area contributed by atoms with Crippen molar-refractivity contribution < 1.29 is 9.59 Å². The van der Waals surface area contributed by atoms with Gasteiger partial charge in [-0.15, -0.1) is 47.0 Å². The van der Waals surface area contributed by atoms with E-state index >= 15 is 0 Å². The number of rotatable bonds is 10. The highest BCUT2D eigenvalue weighted by Crippen LogP contribution is 2.49. The van der Waals surface area contributed by atoms with Crippen LogP contribution in [0.2, 0.25) is 0 Å². The third kappa shape index (κ3) is 7.84. The average Bonchev–Trinajstić information content (AvgIpc) is 3.32. The summed E-state index contributed by atoms with van der Waals surface area (Å²) < 4.78 is 0.947. The van der Waals surface area contributed by atoms with Crippen LogP contribution < -0.4 is 0 Å². The maximum atomic E-state index is 11.5. The van der Waals surface area contributed by atoms with Crippen molar-refractivity contribution >= 4 is 80.8 Å². The van der Waals surface area contributed by atoms with Crippen LogP contribution in [-0.2, 0) is 22.4 Å². The number of carbonyl (C=O) groups is 2. The molecule has 3 rings (SSSR count). The van der Waals surface area contributed by atoms with Crippen LogP contribution in [-0.4, -0.2) is 30.9 Å². The quantitative estimate of drug-likeness (QED) is 0.280. The van der Waals surface area contributed by atoms with Gasteiger partial charge in [0.25, 0.3) is 0 Å². The Hall–Kier alpha value is -0.380. The lowest BCUT2D eigenvalue weighted by Crippen LogP contribution is -2.01. The predicted molar refractivity (Wildman–Crippen MR) is 153 cm³/mol. The fourth-order valence-electron chi connectivity index (χ4n) is 3.08.